The van der Waals surface area contributed by atoms with Crippen LogP contribution in [0.15, 0.2) is 33.3 Å². The van der Waals surface area contributed by atoms with Crippen LogP contribution in [0.1, 0.15) is 27.6 Å². The summed E-state index contributed by atoms with van der Waals surface area (Å²) >= 11 is 3.53. The summed E-state index contributed by atoms with van der Waals surface area (Å²) in [4.78, 5) is 11.4. The molecule has 0 saturated heterocycles. The van der Waals surface area contributed by atoms with Gasteiger partial charge in [-0.1, -0.05) is 12.1 Å². The highest BCUT2D eigenvalue weighted by Crippen LogP contribution is 2.45. The number of phenols is 1. The van der Waals surface area contributed by atoms with Gasteiger partial charge in [-0.3, -0.25) is 0 Å². The molecule has 0 amide bonds. The Kier molecular flexibility index (Phi) is 4.38. The van der Waals surface area contributed by atoms with Gasteiger partial charge >= 0.3 is 5.97 Å². The lowest BCUT2D eigenvalue weighted by molar-refractivity contribution is 0.0660. The number of aromatic hydroxyl groups is 1. The largest absolute Gasteiger partial charge is 0.508 e. The van der Waals surface area contributed by atoms with Crippen LogP contribution in [0.5, 0.6) is 5.75 Å². The van der Waals surface area contributed by atoms with Gasteiger partial charge in [0.1, 0.15) is 23.3 Å². The second-order valence-electron chi connectivity index (χ2n) is 5.90. The monoisotopic (exact) mass is 414 g/mol. The van der Waals surface area contributed by atoms with E-state index >= 15 is 0 Å². The van der Waals surface area contributed by atoms with Gasteiger partial charge in [0.05, 0.1) is 4.60 Å². The first-order valence-electron chi connectivity index (χ1n) is 7.69. The third-order valence-corrected chi connectivity index (χ3v) is 5.28. The lowest BCUT2D eigenvalue weighted by Gasteiger charge is -2.07. The Morgan fingerprint density at radius 2 is 1.81 bits per heavy atom. The summed E-state index contributed by atoms with van der Waals surface area (Å²) in [6, 6.07) is 8.79. The van der Waals surface area contributed by atoms with Gasteiger partial charge < -0.3 is 19.2 Å². The zero-order valence-electron chi connectivity index (χ0n) is 14.3. The Morgan fingerprint density at radius 3 is 2.31 bits per heavy atom. The zero-order chi connectivity index (χ0) is 19.2. The van der Waals surface area contributed by atoms with Crippen molar-refractivity contribution >= 4 is 21.9 Å². The topological polar surface area (TPSA) is 99.4 Å². The number of carboxylic acids is 1. The number of carboxylic acid groups (broad SMARTS) is 1. The molecule has 0 aliphatic heterocycles. The van der Waals surface area contributed by atoms with Crippen molar-refractivity contribution in [2.24, 2.45) is 7.05 Å². The van der Waals surface area contributed by atoms with Gasteiger partial charge in [0.25, 0.3) is 0 Å². The highest BCUT2D eigenvalue weighted by molar-refractivity contribution is 9.10. The van der Waals surface area contributed by atoms with Gasteiger partial charge in [-0.2, -0.15) is 5.26 Å². The van der Waals surface area contributed by atoms with Crippen LogP contribution in [0.2, 0.25) is 0 Å². The average molecular weight is 415 g/mol. The fraction of sp³-hybridized carbons (Fsp3) is 0.158. The van der Waals surface area contributed by atoms with Crippen molar-refractivity contribution in [1.29, 1.82) is 5.26 Å². The molecule has 0 aliphatic rings. The van der Waals surface area contributed by atoms with Crippen LogP contribution in [0.4, 0.5) is 0 Å². The molecular weight excluding hydrogens is 400 g/mol. The minimum atomic E-state index is -1.16. The van der Waals surface area contributed by atoms with E-state index in [1.165, 1.54) is 0 Å². The molecule has 26 heavy (non-hydrogen) atoms. The molecule has 3 aromatic rings. The summed E-state index contributed by atoms with van der Waals surface area (Å²) in [5.41, 5.74) is 3.53. The van der Waals surface area contributed by atoms with Gasteiger partial charge in [0.15, 0.2) is 0 Å². The number of nitrogens with zero attached hydrogens (tertiary/aromatic N) is 2. The normalized spacial score (nSPS) is 10.7. The maximum atomic E-state index is 11.4. The van der Waals surface area contributed by atoms with Crippen LogP contribution in [-0.2, 0) is 7.05 Å². The molecule has 0 spiro atoms. The lowest BCUT2D eigenvalue weighted by Crippen LogP contribution is -1.97. The van der Waals surface area contributed by atoms with E-state index in [1.807, 2.05) is 0 Å². The third kappa shape index (κ3) is 2.59. The Bertz CT molecular complexity index is 1070. The summed E-state index contributed by atoms with van der Waals surface area (Å²) in [5, 5.41) is 28.6. The molecular formula is C19H15BrN2O4. The molecule has 2 N–H and O–H groups in total. The highest BCUT2D eigenvalue weighted by atomic mass is 79.9. The van der Waals surface area contributed by atoms with Crippen LogP contribution in [0, 0.1) is 25.2 Å². The first-order valence-corrected chi connectivity index (χ1v) is 8.48. The van der Waals surface area contributed by atoms with E-state index in [0.717, 1.165) is 11.1 Å². The molecule has 3 rings (SSSR count). The van der Waals surface area contributed by atoms with Gasteiger partial charge in [0.2, 0.25) is 5.76 Å². The molecule has 132 valence electrons. The number of hydrogen-bond donors (Lipinski definition) is 2. The standard InChI is InChI=1S/C19H15BrN2O4/c1-9-14(10(2)26-17(9)19(24)25)16-13(8-21)22(3)18(20)15(16)11-4-6-12(23)7-5-11/h4-7,23H,1-3H3,(H,24,25). The molecule has 2 heterocycles. The van der Waals surface area contributed by atoms with Crippen LogP contribution < -0.4 is 0 Å². The third-order valence-electron chi connectivity index (χ3n) is 4.35. The van der Waals surface area contributed by atoms with E-state index < -0.39 is 5.97 Å². The zero-order valence-corrected chi connectivity index (χ0v) is 15.9. The molecule has 0 atom stereocenters. The van der Waals surface area contributed by atoms with Crippen LogP contribution >= 0.6 is 15.9 Å². The number of nitriles is 1. The number of hydrogen-bond acceptors (Lipinski definition) is 4. The van der Waals surface area contributed by atoms with Gasteiger partial charge in [0, 0.05) is 29.3 Å². The number of aromatic nitrogens is 1. The Hall–Kier alpha value is -2.98. The Morgan fingerprint density at radius 1 is 1.19 bits per heavy atom. The van der Waals surface area contributed by atoms with Crippen molar-refractivity contribution < 1.29 is 19.4 Å². The first-order chi connectivity index (χ1) is 12.3. The number of furan rings is 1. The summed E-state index contributed by atoms with van der Waals surface area (Å²) in [5.74, 6) is -0.740. The van der Waals surface area contributed by atoms with E-state index in [9.17, 15) is 20.3 Å². The number of benzene rings is 1. The SMILES string of the molecule is Cc1oc(C(=O)O)c(C)c1-c1c(-c2ccc(O)cc2)c(Br)n(C)c1C#N. The van der Waals surface area contributed by atoms with Gasteiger partial charge in [-0.05, 0) is 47.5 Å². The van der Waals surface area contributed by atoms with Crippen molar-refractivity contribution in [3.05, 3.63) is 51.6 Å². The molecule has 6 nitrogen and oxygen atoms in total. The van der Waals surface area contributed by atoms with Crippen molar-refractivity contribution in [2.45, 2.75) is 13.8 Å². The van der Waals surface area contributed by atoms with E-state index in [0.29, 0.717) is 32.7 Å². The van der Waals surface area contributed by atoms with Crippen molar-refractivity contribution in [2.75, 3.05) is 0 Å². The van der Waals surface area contributed by atoms with Gasteiger partial charge in [-0.15, -0.1) is 0 Å². The molecule has 1 aromatic carbocycles. The summed E-state index contributed by atoms with van der Waals surface area (Å²) < 4.78 is 7.82. The van der Waals surface area contributed by atoms with E-state index in [-0.39, 0.29) is 11.5 Å². The molecule has 0 bridgehead atoms. The van der Waals surface area contributed by atoms with Crippen LogP contribution in [-0.4, -0.2) is 20.7 Å². The fourth-order valence-corrected chi connectivity index (χ4v) is 3.75. The van der Waals surface area contributed by atoms with Crippen molar-refractivity contribution in [3.8, 4) is 34.1 Å². The number of aromatic carboxylic acids is 1. The number of halogens is 1. The highest BCUT2D eigenvalue weighted by Gasteiger charge is 2.29. The van der Waals surface area contributed by atoms with E-state index in [2.05, 4.69) is 22.0 Å². The average Bonchev–Trinajstić information content (AvgIpc) is 3.02. The minimum absolute atomic E-state index is 0.131. The van der Waals surface area contributed by atoms with Crippen LogP contribution in [0.3, 0.4) is 0 Å². The molecule has 0 radical (unpaired) electrons. The maximum Gasteiger partial charge on any atom is 0.372 e. The van der Waals surface area contributed by atoms with Gasteiger partial charge in [-0.25, -0.2) is 4.79 Å². The molecule has 7 heteroatoms. The van der Waals surface area contributed by atoms with Crippen LogP contribution in [0.25, 0.3) is 22.3 Å². The Labute approximate surface area is 158 Å². The molecule has 0 saturated carbocycles. The number of rotatable bonds is 3. The predicted molar refractivity (Wildman–Crippen MR) is 99.1 cm³/mol. The molecule has 0 aliphatic carbocycles. The quantitative estimate of drug-likeness (QED) is 0.651. The van der Waals surface area contributed by atoms with E-state index in [1.54, 1.807) is 49.7 Å². The maximum absolute atomic E-state index is 11.4. The number of carbonyl (C=O) groups is 1. The number of aryl methyl sites for hydroxylation is 1. The Balaban J connectivity index is 2.42. The second-order valence-corrected chi connectivity index (χ2v) is 6.65. The molecule has 0 fully saturated rings. The molecule has 2 aromatic heterocycles. The van der Waals surface area contributed by atoms with E-state index in [4.69, 9.17) is 4.42 Å². The first kappa shape index (κ1) is 17.8. The second kappa shape index (κ2) is 6.39. The smallest absolute Gasteiger partial charge is 0.372 e. The summed E-state index contributed by atoms with van der Waals surface area (Å²) in [6.45, 7) is 3.34. The molecule has 0 unspecified atom stereocenters. The van der Waals surface area contributed by atoms with Crippen molar-refractivity contribution in [3.63, 3.8) is 0 Å². The predicted octanol–water partition coefficient (Wildman–Crippen LogP) is 4.61. The lowest BCUT2D eigenvalue weighted by atomic mass is 9.94. The van der Waals surface area contributed by atoms with Crippen molar-refractivity contribution in [1.82, 2.24) is 4.57 Å². The summed E-state index contributed by atoms with van der Waals surface area (Å²) in [7, 11) is 1.75. The fourth-order valence-electron chi connectivity index (χ4n) is 3.15. The summed E-state index contributed by atoms with van der Waals surface area (Å²) in [6.07, 6.45) is 0. The minimum Gasteiger partial charge on any atom is -0.508 e. The number of phenolic OH excluding ortho intramolecular Hbond substituents is 1.